The average Bonchev–Trinajstić information content (AvgIpc) is 2.91. The molecule has 0 bridgehead atoms. The van der Waals surface area contributed by atoms with Gasteiger partial charge in [0.2, 0.25) is 0 Å². The van der Waals surface area contributed by atoms with Crippen molar-refractivity contribution in [2.75, 3.05) is 7.11 Å². The number of amides is 1. The van der Waals surface area contributed by atoms with E-state index in [1.807, 2.05) is 57.5 Å². The van der Waals surface area contributed by atoms with E-state index in [9.17, 15) is 9.59 Å². The Bertz CT molecular complexity index is 506. The van der Waals surface area contributed by atoms with Gasteiger partial charge >= 0.3 is 6.09 Å². The van der Waals surface area contributed by atoms with Crippen LogP contribution in [0.3, 0.4) is 0 Å². The largest absolute Gasteiger partial charge is 0.453 e. The zero-order valence-electron chi connectivity index (χ0n) is 14.4. The van der Waals surface area contributed by atoms with Gasteiger partial charge in [0.05, 0.1) is 19.2 Å². The van der Waals surface area contributed by atoms with Crippen molar-refractivity contribution in [3.05, 3.63) is 24.0 Å². The summed E-state index contributed by atoms with van der Waals surface area (Å²) >= 11 is 0. The fourth-order valence-electron chi connectivity index (χ4n) is 2.52. The number of aromatic nitrogens is 1. The molecule has 1 N–H and O–H groups in total. The number of ether oxygens (including phenoxy) is 1. The molecule has 5 heteroatoms. The molecule has 0 spiro atoms. The molecule has 2 unspecified atom stereocenters. The lowest BCUT2D eigenvalue weighted by Gasteiger charge is -2.26. The molecule has 5 nitrogen and oxygen atoms in total. The predicted molar refractivity (Wildman–Crippen MR) is 86.7 cm³/mol. The first kappa shape index (κ1) is 18.3. The third kappa shape index (κ3) is 4.61. The van der Waals surface area contributed by atoms with Gasteiger partial charge in [-0.3, -0.25) is 4.79 Å². The Kier molecular flexibility index (Phi) is 6.65. The van der Waals surface area contributed by atoms with E-state index in [2.05, 4.69) is 5.32 Å². The molecule has 2 atom stereocenters. The van der Waals surface area contributed by atoms with Crippen LogP contribution in [0.2, 0.25) is 0 Å². The van der Waals surface area contributed by atoms with Crippen LogP contribution in [0.5, 0.6) is 0 Å². The first-order chi connectivity index (χ1) is 10.3. The summed E-state index contributed by atoms with van der Waals surface area (Å²) < 4.78 is 6.65. The van der Waals surface area contributed by atoms with Crippen LogP contribution >= 0.6 is 0 Å². The molecule has 1 aromatic rings. The molecule has 0 fully saturated rings. The van der Waals surface area contributed by atoms with Crippen LogP contribution in [0.15, 0.2) is 18.3 Å². The smallest absolute Gasteiger partial charge is 0.407 e. The molecule has 0 radical (unpaired) electrons. The highest BCUT2D eigenvalue weighted by molar-refractivity contribution is 5.82. The maximum absolute atomic E-state index is 12.3. The number of hydrogen-bond donors (Lipinski definition) is 1. The predicted octanol–water partition coefficient (Wildman–Crippen LogP) is 3.72. The Hall–Kier alpha value is -1.78. The summed E-state index contributed by atoms with van der Waals surface area (Å²) in [5.41, 5.74) is 0.921. The van der Waals surface area contributed by atoms with Gasteiger partial charge in [-0.15, -0.1) is 0 Å². The number of Topliss-reactive ketones (excluding diaryl/α,β-unsaturated/α-hetero) is 1. The highest BCUT2D eigenvalue weighted by Crippen LogP contribution is 2.26. The second-order valence-corrected chi connectivity index (χ2v) is 6.44. The van der Waals surface area contributed by atoms with Gasteiger partial charge in [0, 0.05) is 18.3 Å². The molecule has 0 aliphatic rings. The van der Waals surface area contributed by atoms with E-state index in [1.54, 1.807) is 0 Å². The zero-order chi connectivity index (χ0) is 16.9. The third-order valence-corrected chi connectivity index (χ3v) is 3.75. The standard InChI is InChI=1S/C17H28N2O3/c1-11(2)10-15(20)13(5)19-9-7-8-14(19)16(12(3)4)18-17(21)22-6/h7-9,11-13,16H,10H2,1-6H3,(H,18,21). The van der Waals surface area contributed by atoms with Crippen LogP contribution in [-0.4, -0.2) is 23.6 Å². The molecular formula is C17H28N2O3. The topological polar surface area (TPSA) is 60.3 Å². The molecular weight excluding hydrogens is 280 g/mol. The number of rotatable bonds is 7. The molecule has 1 amide bonds. The highest BCUT2D eigenvalue weighted by Gasteiger charge is 2.25. The van der Waals surface area contributed by atoms with Crippen LogP contribution in [0.1, 0.15) is 58.8 Å². The van der Waals surface area contributed by atoms with E-state index in [1.165, 1.54) is 7.11 Å². The molecule has 0 aliphatic carbocycles. The minimum absolute atomic E-state index is 0.181. The minimum Gasteiger partial charge on any atom is -0.453 e. The minimum atomic E-state index is -0.465. The first-order valence-corrected chi connectivity index (χ1v) is 7.81. The summed E-state index contributed by atoms with van der Waals surface area (Å²) in [4.78, 5) is 23.9. The van der Waals surface area contributed by atoms with Gasteiger partial charge in [0.15, 0.2) is 5.78 Å². The number of ketones is 1. The van der Waals surface area contributed by atoms with Gasteiger partial charge in [-0.2, -0.15) is 0 Å². The second-order valence-electron chi connectivity index (χ2n) is 6.44. The van der Waals surface area contributed by atoms with Gasteiger partial charge in [-0.25, -0.2) is 4.79 Å². The van der Waals surface area contributed by atoms with E-state index in [0.717, 1.165) is 5.69 Å². The Morgan fingerprint density at radius 1 is 1.23 bits per heavy atom. The summed E-state index contributed by atoms with van der Waals surface area (Å²) in [6.07, 6.45) is 1.98. The van der Waals surface area contributed by atoms with Gasteiger partial charge in [0.25, 0.3) is 0 Å². The maximum atomic E-state index is 12.3. The van der Waals surface area contributed by atoms with Crippen LogP contribution in [0.25, 0.3) is 0 Å². The third-order valence-electron chi connectivity index (χ3n) is 3.75. The van der Waals surface area contributed by atoms with E-state index in [-0.39, 0.29) is 23.8 Å². The van der Waals surface area contributed by atoms with Gasteiger partial charge in [0.1, 0.15) is 0 Å². The molecule has 1 rings (SSSR count). The average molecular weight is 308 g/mol. The molecule has 0 saturated heterocycles. The fourth-order valence-corrected chi connectivity index (χ4v) is 2.52. The summed E-state index contributed by atoms with van der Waals surface area (Å²) in [5.74, 6) is 0.719. The number of nitrogens with one attached hydrogen (secondary N) is 1. The van der Waals surface area contributed by atoms with Crippen molar-refractivity contribution < 1.29 is 14.3 Å². The van der Waals surface area contributed by atoms with Gasteiger partial charge in [-0.1, -0.05) is 27.7 Å². The lowest BCUT2D eigenvalue weighted by Crippen LogP contribution is -2.34. The van der Waals surface area contributed by atoms with Crippen molar-refractivity contribution in [2.45, 2.75) is 53.1 Å². The van der Waals surface area contributed by atoms with E-state index < -0.39 is 6.09 Å². The van der Waals surface area contributed by atoms with Crippen molar-refractivity contribution in [1.29, 1.82) is 0 Å². The van der Waals surface area contributed by atoms with Crippen LogP contribution in [0.4, 0.5) is 4.79 Å². The molecule has 124 valence electrons. The summed E-state index contributed by atoms with van der Waals surface area (Å²) in [7, 11) is 1.35. The molecule has 0 aromatic carbocycles. The Labute approximate surface area is 133 Å². The lowest BCUT2D eigenvalue weighted by molar-refractivity contribution is -0.122. The monoisotopic (exact) mass is 308 g/mol. The summed E-state index contributed by atoms with van der Waals surface area (Å²) in [6.45, 7) is 10.0. The fraction of sp³-hybridized carbons (Fsp3) is 0.647. The number of hydrogen-bond acceptors (Lipinski definition) is 3. The van der Waals surface area contributed by atoms with Crippen molar-refractivity contribution in [1.82, 2.24) is 9.88 Å². The van der Waals surface area contributed by atoms with Crippen LogP contribution in [-0.2, 0) is 9.53 Å². The lowest BCUT2D eigenvalue weighted by atomic mass is 9.99. The quantitative estimate of drug-likeness (QED) is 0.835. The Balaban J connectivity index is 3.03. The molecule has 0 saturated carbocycles. The number of methoxy groups -OCH3 is 1. The first-order valence-electron chi connectivity index (χ1n) is 7.81. The number of carbonyl (C=O) groups excluding carboxylic acids is 2. The molecule has 1 heterocycles. The number of nitrogens with zero attached hydrogens (tertiary/aromatic N) is 1. The van der Waals surface area contributed by atoms with E-state index in [4.69, 9.17) is 4.74 Å². The summed E-state index contributed by atoms with van der Waals surface area (Å²) in [6, 6.07) is 3.41. The van der Waals surface area contributed by atoms with Crippen molar-refractivity contribution in [3.8, 4) is 0 Å². The van der Waals surface area contributed by atoms with Crippen molar-refractivity contribution in [2.24, 2.45) is 11.8 Å². The van der Waals surface area contributed by atoms with Crippen molar-refractivity contribution in [3.63, 3.8) is 0 Å². The highest BCUT2D eigenvalue weighted by atomic mass is 16.5. The normalized spacial score (nSPS) is 14.0. The Morgan fingerprint density at radius 3 is 2.36 bits per heavy atom. The van der Waals surface area contributed by atoms with Gasteiger partial charge < -0.3 is 14.6 Å². The second kappa shape index (κ2) is 8.01. The summed E-state index contributed by atoms with van der Waals surface area (Å²) in [5, 5.41) is 2.85. The number of carbonyl (C=O) groups is 2. The van der Waals surface area contributed by atoms with Crippen LogP contribution < -0.4 is 5.32 Å². The van der Waals surface area contributed by atoms with Gasteiger partial charge in [-0.05, 0) is 30.9 Å². The van der Waals surface area contributed by atoms with E-state index in [0.29, 0.717) is 12.3 Å². The molecule has 1 aromatic heterocycles. The number of alkyl carbamates (subject to hydrolysis) is 1. The Morgan fingerprint density at radius 2 is 1.86 bits per heavy atom. The molecule has 22 heavy (non-hydrogen) atoms. The van der Waals surface area contributed by atoms with Crippen molar-refractivity contribution >= 4 is 11.9 Å². The van der Waals surface area contributed by atoms with Crippen LogP contribution in [0, 0.1) is 11.8 Å². The maximum Gasteiger partial charge on any atom is 0.407 e. The van der Waals surface area contributed by atoms with E-state index >= 15 is 0 Å². The zero-order valence-corrected chi connectivity index (χ0v) is 14.4. The SMILES string of the molecule is COC(=O)NC(c1cccn1C(C)C(=O)CC(C)C)C(C)C. The molecule has 0 aliphatic heterocycles.